The molecule has 1 aliphatic rings. The summed E-state index contributed by atoms with van der Waals surface area (Å²) in [6.45, 7) is 3.60. The Bertz CT molecular complexity index is 1180. The first kappa shape index (κ1) is 22.7. The minimum atomic E-state index is -2.67. The van der Waals surface area contributed by atoms with Crippen molar-refractivity contribution in [1.29, 1.82) is 0 Å². The number of aromatic nitrogens is 5. The molecule has 32 heavy (non-hydrogen) atoms. The summed E-state index contributed by atoms with van der Waals surface area (Å²) in [6.07, 6.45) is 7.85. The molecular weight excluding hydrogens is 436 g/mol. The number of hydrogen-bond acceptors (Lipinski definition) is 6. The normalized spacial score (nSPS) is 21.0. The second-order valence-electron chi connectivity index (χ2n) is 9.28. The molecule has 3 aromatic heterocycles. The second-order valence-corrected chi connectivity index (χ2v) is 14.3. The van der Waals surface area contributed by atoms with Gasteiger partial charge in [0.1, 0.15) is 23.5 Å². The summed E-state index contributed by atoms with van der Waals surface area (Å²) >= 11 is 0. The number of hydrogen-bond donors (Lipinski definition) is 1. The maximum absolute atomic E-state index is 13.1. The van der Waals surface area contributed by atoms with E-state index in [1.54, 1.807) is 6.20 Å². The van der Waals surface area contributed by atoms with Crippen LogP contribution in [0.4, 0.5) is 14.6 Å². The van der Waals surface area contributed by atoms with Crippen LogP contribution in [0.5, 0.6) is 0 Å². The molecule has 0 spiro atoms. The molecule has 8 nitrogen and oxygen atoms in total. The van der Waals surface area contributed by atoms with Gasteiger partial charge in [-0.1, -0.05) is 0 Å². The largest absolute Gasteiger partial charge is 0.353 e. The molecule has 1 fully saturated rings. The molecule has 1 saturated heterocycles. The Balaban J connectivity index is 1.64. The van der Waals surface area contributed by atoms with Gasteiger partial charge in [0.2, 0.25) is 0 Å². The lowest BCUT2D eigenvalue weighted by atomic mass is 9.90. The zero-order valence-electron chi connectivity index (χ0n) is 18.7. The molecule has 2 atom stereocenters. The van der Waals surface area contributed by atoms with Crippen molar-refractivity contribution >= 4 is 20.7 Å². The fourth-order valence-electron chi connectivity index (χ4n) is 3.97. The number of rotatable bonds is 5. The number of piperidine rings is 1. The van der Waals surface area contributed by atoms with Crippen molar-refractivity contribution in [3.05, 3.63) is 36.4 Å². The number of halogens is 2. The zero-order chi connectivity index (χ0) is 23.1. The van der Waals surface area contributed by atoms with Gasteiger partial charge in [-0.15, -0.1) is 9.24 Å². The first-order valence-electron chi connectivity index (χ1n) is 10.5. The van der Waals surface area contributed by atoms with Crippen LogP contribution in [0.3, 0.4) is 0 Å². The Hall–Kier alpha value is -2.53. The molecule has 0 saturated carbocycles. The van der Waals surface area contributed by atoms with Crippen LogP contribution in [-0.2, 0) is 9.24 Å². The minimum absolute atomic E-state index is 0.177. The topological polar surface area (TPSA) is 91.8 Å². The average Bonchev–Trinajstić information content (AvgIpc) is 3.15. The van der Waals surface area contributed by atoms with E-state index in [0.29, 0.717) is 29.5 Å². The standard InChI is InChI=1S/C21H29F2N7OS/c1-14-15(11-27-32(2,3,4)31)6-5-9-29(14)20-10-17(25-13-26-20)18-12-24-19-8-7-16(21(22)23)28-30(18)19/h7-8,10,12-15,21H,5-6,9,11H2,1-4H3,(H,27,31). The molecule has 11 heteroatoms. The first-order valence-corrected chi connectivity index (χ1v) is 13.7. The van der Waals surface area contributed by atoms with Crippen LogP contribution < -0.4 is 4.90 Å². The van der Waals surface area contributed by atoms with Crippen LogP contribution in [0.15, 0.2) is 35.1 Å². The Morgan fingerprint density at radius 1 is 1.22 bits per heavy atom. The number of nitrogens with zero attached hydrogens (tertiary/aromatic N) is 7. The molecule has 0 radical (unpaired) electrons. The minimum Gasteiger partial charge on any atom is -0.353 e. The van der Waals surface area contributed by atoms with Gasteiger partial charge in [-0.25, -0.2) is 28.2 Å². The van der Waals surface area contributed by atoms with Crippen molar-refractivity contribution in [3.8, 4) is 11.4 Å². The lowest BCUT2D eigenvalue weighted by Gasteiger charge is -2.40. The summed E-state index contributed by atoms with van der Waals surface area (Å²) in [5, 5.41) is 4.03. The third-order valence-electron chi connectivity index (χ3n) is 5.72. The molecule has 0 amide bonds. The predicted octanol–water partition coefficient (Wildman–Crippen LogP) is 3.96. The molecule has 3 aromatic rings. The van der Waals surface area contributed by atoms with Gasteiger partial charge >= 0.3 is 0 Å². The zero-order valence-corrected chi connectivity index (χ0v) is 19.5. The molecule has 0 aliphatic carbocycles. The van der Waals surface area contributed by atoms with Crippen LogP contribution in [-0.4, -0.2) is 67.0 Å². The summed E-state index contributed by atoms with van der Waals surface area (Å²) in [5.74, 6) is 1.06. The molecular formula is C21H29F2N7OS. The number of anilines is 1. The van der Waals surface area contributed by atoms with E-state index in [1.807, 2.05) is 24.8 Å². The molecule has 174 valence electrons. The molecule has 4 heterocycles. The van der Waals surface area contributed by atoms with E-state index >= 15 is 0 Å². The van der Waals surface area contributed by atoms with E-state index in [0.717, 1.165) is 25.2 Å². The van der Waals surface area contributed by atoms with E-state index in [9.17, 15) is 13.3 Å². The Kier molecular flexibility index (Phi) is 5.74. The highest BCUT2D eigenvalue weighted by Gasteiger charge is 2.30. The third-order valence-corrected chi connectivity index (χ3v) is 6.76. The van der Waals surface area contributed by atoms with Crippen LogP contribution >= 0.6 is 0 Å². The molecule has 0 bridgehead atoms. The maximum atomic E-state index is 13.1. The quantitative estimate of drug-likeness (QED) is 0.613. The van der Waals surface area contributed by atoms with E-state index in [4.69, 9.17) is 0 Å². The molecule has 1 aliphatic heterocycles. The van der Waals surface area contributed by atoms with Gasteiger partial charge in [-0.3, -0.25) is 4.36 Å². The SMILES string of the molecule is CC1C(CN=S(C)(C)(C)O)CCCN1c1cc(-c2cnc3ccc(C(F)F)nn23)ncn1. The summed E-state index contributed by atoms with van der Waals surface area (Å²) in [7, 11) is -2.66. The van der Waals surface area contributed by atoms with Crippen molar-refractivity contribution in [2.75, 3.05) is 36.8 Å². The van der Waals surface area contributed by atoms with Crippen LogP contribution in [0.25, 0.3) is 17.0 Å². The highest BCUT2D eigenvalue weighted by atomic mass is 32.3. The van der Waals surface area contributed by atoms with Crippen molar-refractivity contribution in [3.63, 3.8) is 0 Å². The molecule has 1 N–H and O–H groups in total. The molecule has 4 rings (SSSR count). The van der Waals surface area contributed by atoms with Crippen LogP contribution in [0.1, 0.15) is 31.9 Å². The van der Waals surface area contributed by atoms with Gasteiger partial charge in [0, 0.05) is 18.7 Å². The van der Waals surface area contributed by atoms with Gasteiger partial charge in [0.25, 0.3) is 6.43 Å². The first-order chi connectivity index (χ1) is 15.0. The summed E-state index contributed by atoms with van der Waals surface area (Å²) in [4.78, 5) is 15.3. The summed E-state index contributed by atoms with van der Waals surface area (Å²) in [5.41, 5.74) is 1.25. The predicted molar refractivity (Wildman–Crippen MR) is 124 cm³/mol. The van der Waals surface area contributed by atoms with Crippen molar-refractivity contribution < 1.29 is 13.3 Å². The maximum Gasteiger partial charge on any atom is 0.282 e. The van der Waals surface area contributed by atoms with E-state index in [1.165, 1.54) is 23.0 Å². The summed E-state index contributed by atoms with van der Waals surface area (Å²) in [6, 6.07) is 4.82. The number of fused-ring (bicyclic) bond motifs is 1. The van der Waals surface area contributed by atoms with Gasteiger partial charge in [0.15, 0.2) is 5.65 Å². The lowest BCUT2D eigenvalue weighted by Crippen LogP contribution is -2.45. The average molecular weight is 466 g/mol. The number of imidazole rings is 1. The fourth-order valence-corrected chi connectivity index (χ4v) is 4.67. The van der Waals surface area contributed by atoms with Gasteiger partial charge in [-0.2, -0.15) is 5.10 Å². The fraction of sp³-hybridized carbons (Fsp3) is 0.524. The van der Waals surface area contributed by atoms with E-state index < -0.39 is 15.7 Å². The summed E-state index contributed by atoms with van der Waals surface area (Å²) < 4.78 is 42.8. The van der Waals surface area contributed by atoms with Gasteiger partial charge < -0.3 is 9.45 Å². The Morgan fingerprint density at radius 2 is 2.00 bits per heavy atom. The van der Waals surface area contributed by atoms with E-state index in [-0.39, 0.29) is 11.7 Å². The monoisotopic (exact) mass is 465 g/mol. The molecule has 0 aromatic carbocycles. The highest BCUT2D eigenvalue weighted by molar-refractivity contribution is 8.15. The van der Waals surface area contributed by atoms with Crippen LogP contribution in [0, 0.1) is 5.92 Å². The Labute approximate surface area is 186 Å². The van der Waals surface area contributed by atoms with E-state index in [2.05, 4.69) is 36.2 Å². The smallest absolute Gasteiger partial charge is 0.282 e. The third kappa shape index (κ3) is 4.93. The van der Waals surface area contributed by atoms with Crippen molar-refractivity contribution in [2.24, 2.45) is 10.3 Å². The van der Waals surface area contributed by atoms with Gasteiger partial charge in [0.05, 0.1) is 18.4 Å². The Morgan fingerprint density at radius 3 is 2.72 bits per heavy atom. The van der Waals surface area contributed by atoms with Crippen molar-refractivity contribution in [2.45, 2.75) is 32.2 Å². The second kappa shape index (κ2) is 8.11. The number of alkyl halides is 2. The van der Waals surface area contributed by atoms with Gasteiger partial charge in [-0.05, 0) is 56.6 Å². The lowest BCUT2D eigenvalue weighted by molar-refractivity contribution is 0.144. The molecule has 2 unspecified atom stereocenters. The van der Waals surface area contributed by atoms with Crippen LogP contribution in [0.2, 0.25) is 0 Å². The highest BCUT2D eigenvalue weighted by Crippen LogP contribution is 2.31. The van der Waals surface area contributed by atoms with Crippen molar-refractivity contribution in [1.82, 2.24) is 24.6 Å².